The van der Waals surface area contributed by atoms with Crippen LogP contribution < -0.4 is 11.1 Å². The van der Waals surface area contributed by atoms with Gasteiger partial charge in [-0.15, -0.1) is 5.10 Å². The molecule has 80 valence electrons. The van der Waals surface area contributed by atoms with Gasteiger partial charge in [0.25, 0.3) is 6.43 Å². The normalized spacial score (nSPS) is 11.1. The quantitative estimate of drug-likeness (QED) is 0.662. The van der Waals surface area contributed by atoms with E-state index in [1.165, 1.54) is 0 Å². The van der Waals surface area contributed by atoms with E-state index in [9.17, 15) is 8.78 Å². The molecule has 3 N–H and O–H groups in total. The van der Waals surface area contributed by atoms with Gasteiger partial charge in [0, 0.05) is 19.3 Å². The molecule has 1 aromatic rings. The third-order valence-electron chi connectivity index (χ3n) is 1.55. The number of nitrogens with two attached hydrogens (primary N) is 1. The Morgan fingerprint density at radius 3 is 3.00 bits per heavy atom. The zero-order valence-corrected chi connectivity index (χ0v) is 7.66. The lowest BCUT2D eigenvalue weighted by Gasteiger charge is -1.99. The van der Waals surface area contributed by atoms with E-state index < -0.39 is 6.43 Å². The van der Waals surface area contributed by atoms with Crippen molar-refractivity contribution < 1.29 is 8.78 Å². The number of alkyl halides is 2. The fourth-order valence-electron chi connectivity index (χ4n) is 0.970. The van der Waals surface area contributed by atoms with Crippen molar-refractivity contribution in [2.24, 2.45) is 5.73 Å². The minimum absolute atomic E-state index is 0.301. The summed E-state index contributed by atoms with van der Waals surface area (Å²) in [5.41, 5.74) is 5.94. The summed E-state index contributed by atoms with van der Waals surface area (Å²) in [4.78, 5) is 0. The number of hydrogen-bond acceptors (Lipinski definition) is 4. The zero-order valence-electron chi connectivity index (χ0n) is 7.66. The topological polar surface area (TPSA) is 68.8 Å². The summed E-state index contributed by atoms with van der Waals surface area (Å²) < 4.78 is 25.1. The lowest BCUT2D eigenvalue weighted by molar-refractivity contribution is 0.145. The molecule has 0 amide bonds. The van der Waals surface area contributed by atoms with Crippen molar-refractivity contribution in [2.45, 2.75) is 19.5 Å². The number of halogens is 2. The first-order valence-corrected chi connectivity index (χ1v) is 4.30. The number of hydrogen-bond donors (Lipinski definition) is 2. The van der Waals surface area contributed by atoms with Crippen LogP contribution in [0.3, 0.4) is 0 Å². The Morgan fingerprint density at radius 1 is 1.57 bits per heavy atom. The fourth-order valence-corrected chi connectivity index (χ4v) is 0.970. The highest BCUT2D eigenvalue weighted by atomic mass is 19.3. The van der Waals surface area contributed by atoms with Gasteiger partial charge in [-0.2, -0.15) is 0 Å². The van der Waals surface area contributed by atoms with Crippen molar-refractivity contribution in [3.63, 3.8) is 0 Å². The van der Waals surface area contributed by atoms with Crippen LogP contribution in [-0.2, 0) is 13.1 Å². The van der Waals surface area contributed by atoms with Crippen LogP contribution >= 0.6 is 0 Å². The van der Waals surface area contributed by atoms with E-state index in [1.54, 1.807) is 10.9 Å². The first-order valence-electron chi connectivity index (χ1n) is 4.30. The van der Waals surface area contributed by atoms with Gasteiger partial charge in [0.15, 0.2) is 0 Å². The van der Waals surface area contributed by atoms with Gasteiger partial charge in [-0.1, -0.05) is 5.21 Å². The summed E-state index contributed by atoms with van der Waals surface area (Å²) in [6.45, 7) is 1.04. The van der Waals surface area contributed by atoms with Gasteiger partial charge in [0.1, 0.15) is 0 Å². The van der Waals surface area contributed by atoms with Crippen LogP contribution in [0.4, 0.5) is 8.78 Å². The second-order valence-electron chi connectivity index (χ2n) is 2.78. The molecule has 0 spiro atoms. The molecular formula is C7H13F2N5. The number of rotatable bonds is 6. The second kappa shape index (κ2) is 5.61. The Bertz CT molecular complexity index is 262. The molecule has 7 heteroatoms. The minimum atomic E-state index is -2.34. The Kier molecular flexibility index (Phi) is 4.41. The van der Waals surface area contributed by atoms with E-state index in [0.717, 1.165) is 0 Å². The molecule has 0 aromatic carbocycles. The summed E-state index contributed by atoms with van der Waals surface area (Å²) in [5, 5.41) is 10.1. The molecule has 0 saturated heterocycles. The average molecular weight is 205 g/mol. The van der Waals surface area contributed by atoms with E-state index in [-0.39, 0.29) is 6.54 Å². The molecule has 0 radical (unpaired) electrons. The van der Waals surface area contributed by atoms with Crippen molar-refractivity contribution in [1.29, 1.82) is 0 Å². The van der Waals surface area contributed by atoms with Gasteiger partial charge in [-0.05, 0) is 0 Å². The Hall–Kier alpha value is -1.08. The highest BCUT2D eigenvalue weighted by Crippen LogP contribution is 1.93. The zero-order chi connectivity index (χ0) is 10.4. The van der Waals surface area contributed by atoms with Crippen LogP contribution in [0.1, 0.15) is 5.69 Å². The molecule has 0 atom stereocenters. The summed E-state index contributed by atoms with van der Waals surface area (Å²) in [7, 11) is 0. The highest BCUT2D eigenvalue weighted by molar-refractivity contribution is 4.91. The molecule has 1 aromatic heterocycles. The highest BCUT2D eigenvalue weighted by Gasteiger charge is 2.03. The van der Waals surface area contributed by atoms with Crippen molar-refractivity contribution >= 4 is 0 Å². The SMILES string of the molecule is NCCn1cc(CNCC(F)F)nn1. The summed E-state index contributed by atoms with van der Waals surface area (Å²) >= 11 is 0. The predicted molar refractivity (Wildman–Crippen MR) is 46.8 cm³/mol. The second-order valence-corrected chi connectivity index (χ2v) is 2.78. The van der Waals surface area contributed by atoms with Crippen LogP contribution in [0.25, 0.3) is 0 Å². The number of aromatic nitrogens is 3. The van der Waals surface area contributed by atoms with Crippen LogP contribution in [-0.4, -0.2) is 34.5 Å². The first-order chi connectivity index (χ1) is 6.72. The predicted octanol–water partition coefficient (Wildman–Crippen LogP) is -0.409. The lowest BCUT2D eigenvalue weighted by Crippen LogP contribution is -2.20. The van der Waals surface area contributed by atoms with E-state index >= 15 is 0 Å². The maximum absolute atomic E-state index is 11.7. The van der Waals surface area contributed by atoms with Crippen LogP contribution in [0.2, 0.25) is 0 Å². The maximum atomic E-state index is 11.7. The largest absolute Gasteiger partial charge is 0.329 e. The van der Waals surface area contributed by atoms with E-state index in [2.05, 4.69) is 15.6 Å². The van der Waals surface area contributed by atoms with Gasteiger partial charge in [-0.3, -0.25) is 4.68 Å². The van der Waals surface area contributed by atoms with Crippen molar-refractivity contribution in [3.05, 3.63) is 11.9 Å². The summed E-state index contributed by atoms with van der Waals surface area (Å²) in [5.74, 6) is 0. The third kappa shape index (κ3) is 3.75. The molecule has 0 unspecified atom stereocenters. The van der Waals surface area contributed by atoms with Gasteiger partial charge in [0.2, 0.25) is 0 Å². The average Bonchev–Trinajstić information content (AvgIpc) is 2.53. The summed E-state index contributed by atoms with van der Waals surface area (Å²) in [6, 6.07) is 0. The van der Waals surface area contributed by atoms with Crippen LogP contribution in [0.15, 0.2) is 6.20 Å². The first kappa shape index (κ1) is 11.0. The smallest absolute Gasteiger partial charge is 0.250 e. The van der Waals surface area contributed by atoms with E-state index in [1.807, 2.05) is 0 Å². The minimum Gasteiger partial charge on any atom is -0.329 e. The van der Waals surface area contributed by atoms with E-state index in [0.29, 0.717) is 25.3 Å². The van der Waals surface area contributed by atoms with Gasteiger partial charge in [0.05, 0.1) is 18.8 Å². The third-order valence-corrected chi connectivity index (χ3v) is 1.55. The van der Waals surface area contributed by atoms with Gasteiger partial charge in [-0.25, -0.2) is 8.78 Å². The fraction of sp³-hybridized carbons (Fsp3) is 0.714. The molecule has 0 aliphatic carbocycles. The standard InChI is InChI=1S/C7H13F2N5/c8-7(9)4-11-3-6-5-14(2-1-10)13-12-6/h5,7,11H,1-4,10H2. The van der Waals surface area contributed by atoms with E-state index in [4.69, 9.17) is 5.73 Å². The molecule has 14 heavy (non-hydrogen) atoms. The number of nitrogens with one attached hydrogen (secondary N) is 1. The summed E-state index contributed by atoms with van der Waals surface area (Å²) in [6.07, 6.45) is -0.653. The molecule has 5 nitrogen and oxygen atoms in total. The van der Waals surface area contributed by atoms with Crippen LogP contribution in [0.5, 0.6) is 0 Å². The molecule has 1 rings (SSSR count). The maximum Gasteiger partial charge on any atom is 0.250 e. The molecule has 1 heterocycles. The van der Waals surface area contributed by atoms with Gasteiger partial charge < -0.3 is 11.1 Å². The van der Waals surface area contributed by atoms with Crippen LogP contribution in [0, 0.1) is 0 Å². The van der Waals surface area contributed by atoms with Gasteiger partial charge >= 0.3 is 0 Å². The molecule has 0 aliphatic rings. The molecule has 0 saturated carbocycles. The molecule has 0 aliphatic heterocycles. The lowest BCUT2D eigenvalue weighted by atomic mass is 10.4. The molecule has 0 fully saturated rings. The van der Waals surface area contributed by atoms with Crippen molar-refractivity contribution in [3.8, 4) is 0 Å². The Labute approximate surface area is 80.3 Å². The van der Waals surface area contributed by atoms with Crippen molar-refractivity contribution in [1.82, 2.24) is 20.3 Å². The Morgan fingerprint density at radius 2 is 2.36 bits per heavy atom. The molecular weight excluding hydrogens is 192 g/mol. The van der Waals surface area contributed by atoms with Crippen molar-refractivity contribution in [2.75, 3.05) is 13.1 Å². The Balaban J connectivity index is 2.28. The molecule has 0 bridgehead atoms. The number of nitrogens with zero attached hydrogens (tertiary/aromatic N) is 3. The monoisotopic (exact) mass is 205 g/mol.